The van der Waals surface area contributed by atoms with Gasteiger partial charge in [-0.15, -0.1) is 0 Å². The number of benzene rings is 1. The van der Waals surface area contributed by atoms with Crippen LogP contribution in [0.15, 0.2) is 29.2 Å². The van der Waals surface area contributed by atoms with E-state index in [9.17, 15) is 18.1 Å². The SMILES string of the molecule is CCOC(=O)c1nn(C2CCC(F)(F)CC2)c2c1C[S+]([O-])c1ccccc1-2. The van der Waals surface area contributed by atoms with Gasteiger partial charge < -0.3 is 9.29 Å². The zero-order valence-corrected chi connectivity index (χ0v) is 15.7. The van der Waals surface area contributed by atoms with Crippen LogP contribution in [0.2, 0.25) is 0 Å². The molecular formula is C19H20F2N2O3S. The number of carbonyl (C=O) groups excluding carboxylic acids is 1. The highest BCUT2D eigenvalue weighted by Gasteiger charge is 2.40. The Balaban J connectivity index is 1.83. The number of carbonyl (C=O) groups is 1. The van der Waals surface area contributed by atoms with Crippen molar-refractivity contribution in [3.8, 4) is 11.3 Å². The van der Waals surface area contributed by atoms with Crippen molar-refractivity contribution in [3.63, 3.8) is 0 Å². The molecule has 0 N–H and O–H groups in total. The van der Waals surface area contributed by atoms with E-state index in [2.05, 4.69) is 5.10 Å². The summed E-state index contributed by atoms with van der Waals surface area (Å²) in [7, 11) is 0. The zero-order valence-electron chi connectivity index (χ0n) is 14.9. The highest BCUT2D eigenvalue weighted by molar-refractivity contribution is 7.90. The minimum absolute atomic E-state index is 0.145. The van der Waals surface area contributed by atoms with Gasteiger partial charge in [0.25, 0.3) is 0 Å². The number of nitrogens with zero attached hydrogens (tertiary/aromatic N) is 2. The van der Waals surface area contributed by atoms with Gasteiger partial charge in [0.1, 0.15) is 5.75 Å². The molecular weight excluding hydrogens is 374 g/mol. The molecule has 2 aromatic rings. The second kappa shape index (κ2) is 6.91. The standard InChI is InChI=1S/C19H20F2N2O3S/c1-2-26-18(24)16-14-11-27(25)15-6-4-3-5-13(15)17(14)23(22-16)12-7-9-19(20,21)10-8-12/h3-6,12H,2,7-11H2,1H3. The molecule has 1 unspecified atom stereocenters. The van der Waals surface area contributed by atoms with Crippen LogP contribution in [0.25, 0.3) is 11.3 Å². The number of fused-ring (bicyclic) bond motifs is 3. The first-order chi connectivity index (χ1) is 12.9. The molecule has 4 rings (SSSR count). The highest BCUT2D eigenvalue weighted by atomic mass is 32.2. The second-order valence-corrected chi connectivity index (χ2v) is 8.33. The lowest BCUT2D eigenvalue weighted by molar-refractivity contribution is -0.0449. The molecule has 8 heteroatoms. The molecule has 1 aliphatic carbocycles. The third-order valence-electron chi connectivity index (χ3n) is 5.17. The van der Waals surface area contributed by atoms with Crippen LogP contribution in [0.1, 0.15) is 54.7 Å². The number of hydrogen-bond acceptors (Lipinski definition) is 4. The Kier molecular flexibility index (Phi) is 4.71. The lowest BCUT2D eigenvalue weighted by Crippen LogP contribution is -2.27. The van der Waals surface area contributed by atoms with Gasteiger partial charge in [0.05, 0.1) is 29.5 Å². The number of esters is 1. The number of aromatic nitrogens is 2. The average Bonchev–Trinajstić information content (AvgIpc) is 3.02. The Bertz CT molecular complexity index is 874. The summed E-state index contributed by atoms with van der Waals surface area (Å²) in [5.41, 5.74) is 2.19. The van der Waals surface area contributed by atoms with Crippen molar-refractivity contribution in [3.05, 3.63) is 35.5 Å². The van der Waals surface area contributed by atoms with E-state index in [0.717, 1.165) is 5.56 Å². The van der Waals surface area contributed by atoms with E-state index in [1.807, 2.05) is 18.2 Å². The normalized spacial score (nSPS) is 21.4. The summed E-state index contributed by atoms with van der Waals surface area (Å²) in [5, 5.41) is 4.48. The van der Waals surface area contributed by atoms with Crippen molar-refractivity contribution in [2.24, 2.45) is 0 Å². The number of ether oxygens (including phenoxy) is 1. The van der Waals surface area contributed by atoms with E-state index < -0.39 is 23.1 Å². The maximum atomic E-state index is 13.6. The van der Waals surface area contributed by atoms with Gasteiger partial charge in [-0.2, -0.15) is 5.10 Å². The molecule has 2 heterocycles. The molecule has 0 spiro atoms. The number of rotatable bonds is 3. The van der Waals surface area contributed by atoms with Gasteiger partial charge in [-0.05, 0) is 43.1 Å². The maximum absolute atomic E-state index is 13.6. The van der Waals surface area contributed by atoms with Gasteiger partial charge in [-0.3, -0.25) is 4.68 Å². The van der Waals surface area contributed by atoms with Gasteiger partial charge in [-0.1, -0.05) is 12.1 Å². The van der Waals surface area contributed by atoms with Gasteiger partial charge in [0.2, 0.25) is 5.92 Å². The number of alkyl halides is 2. The molecule has 5 nitrogen and oxygen atoms in total. The van der Waals surface area contributed by atoms with Crippen LogP contribution in [0.5, 0.6) is 0 Å². The molecule has 0 radical (unpaired) electrons. The molecule has 144 valence electrons. The van der Waals surface area contributed by atoms with Crippen LogP contribution < -0.4 is 0 Å². The molecule has 27 heavy (non-hydrogen) atoms. The van der Waals surface area contributed by atoms with Crippen LogP contribution in [0.4, 0.5) is 8.78 Å². The second-order valence-electron chi connectivity index (χ2n) is 6.91. The van der Waals surface area contributed by atoms with Crippen molar-refractivity contribution >= 4 is 17.1 Å². The summed E-state index contributed by atoms with van der Waals surface area (Å²) in [6.45, 7) is 1.91. The summed E-state index contributed by atoms with van der Waals surface area (Å²) in [4.78, 5) is 13.1. The quantitative estimate of drug-likeness (QED) is 0.581. The third-order valence-corrected chi connectivity index (χ3v) is 6.57. The van der Waals surface area contributed by atoms with Crippen molar-refractivity contribution in [1.82, 2.24) is 9.78 Å². The first kappa shape index (κ1) is 18.4. The Hall–Kier alpha value is -1.93. The molecule has 1 saturated carbocycles. The molecule has 1 atom stereocenters. The van der Waals surface area contributed by atoms with Crippen LogP contribution in [-0.2, 0) is 21.7 Å². The largest absolute Gasteiger partial charge is 0.611 e. The van der Waals surface area contributed by atoms with Crippen LogP contribution in [0, 0.1) is 0 Å². The van der Waals surface area contributed by atoms with Crippen molar-refractivity contribution in [2.75, 3.05) is 6.61 Å². The van der Waals surface area contributed by atoms with Crippen LogP contribution in [0.3, 0.4) is 0 Å². The zero-order chi connectivity index (χ0) is 19.2. The summed E-state index contributed by atoms with van der Waals surface area (Å²) in [6.07, 6.45) is 0.173. The van der Waals surface area contributed by atoms with Gasteiger partial charge in [0, 0.05) is 12.8 Å². The average molecular weight is 394 g/mol. The predicted octanol–water partition coefficient (Wildman–Crippen LogP) is 4.10. The fourth-order valence-corrected chi connectivity index (χ4v) is 5.19. The van der Waals surface area contributed by atoms with Gasteiger partial charge in [0.15, 0.2) is 10.6 Å². The first-order valence-electron chi connectivity index (χ1n) is 9.05. The van der Waals surface area contributed by atoms with Crippen molar-refractivity contribution in [2.45, 2.75) is 55.2 Å². The molecule has 1 aromatic carbocycles. The fourth-order valence-electron chi connectivity index (χ4n) is 3.86. The van der Waals surface area contributed by atoms with Crippen molar-refractivity contribution in [1.29, 1.82) is 0 Å². The molecule has 0 amide bonds. The van der Waals surface area contributed by atoms with Crippen molar-refractivity contribution < 1.29 is 22.9 Å². The molecule has 0 bridgehead atoms. The van der Waals surface area contributed by atoms with E-state index >= 15 is 0 Å². The molecule has 1 aromatic heterocycles. The van der Waals surface area contributed by atoms with Gasteiger partial charge in [-0.25, -0.2) is 13.6 Å². The Morgan fingerprint density at radius 3 is 2.78 bits per heavy atom. The minimum Gasteiger partial charge on any atom is -0.611 e. The van der Waals surface area contributed by atoms with E-state index in [4.69, 9.17) is 4.74 Å². The van der Waals surface area contributed by atoms with E-state index in [0.29, 0.717) is 16.2 Å². The topological polar surface area (TPSA) is 67.2 Å². The van der Waals surface area contributed by atoms with Crippen LogP contribution in [-0.4, -0.2) is 32.8 Å². The van der Waals surface area contributed by atoms with E-state index in [1.54, 1.807) is 17.7 Å². The maximum Gasteiger partial charge on any atom is 0.359 e. The minimum atomic E-state index is -2.65. The van der Waals surface area contributed by atoms with Crippen LogP contribution >= 0.6 is 0 Å². The lowest BCUT2D eigenvalue weighted by atomic mass is 9.92. The lowest BCUT2D eigenvalue weighted by Gasteiger charge is -2.30. The summed E-state index contributed by atoms with van der Waals surface area (Å²) in [5.74, 6) is -3.04. The molecule has 0 saturated heterocycles. The Labute approximate surface area is 158 Å². The number of halogens is 2. The highest BCUT2D eigenvalue weighted by Crippen LogP contribution is 2.44. The molecule has 1 fully saturated rings. The first-order valence-corrected chi connectivity index (χ1v) is 10.4. The monoisotopic (exact) mass is 394 g/mol. The number of hydrogen-bond donors (Lipinski definition) is 0. The molecule has 2 aliphatic rings. The van der Waals surface area contributed by atoms with E-state index in [1.165, 1.54) is 0 Å². The summed E-state index contributed by atoms with van der Waals surface area (Å²) in [6, 6.07) is 7.07. The Morgan fingerprint density at radius 2 is 2.07 bits per heavy atom. The third kappa shape index (κ3) is 3.25. The summed E-state index contributed by atoms with van der Waals surface area (Å²) >= 11 is -1.29. The van der Waals surface area contributed by atoms with Gasteiger partial charge >= 0.3 is 5.97 Å². The van der Waals surface area contributed by atoms with E-state index in [-0.39, 0.29) is 49.8 Å². The smallest absolute Gasteiger partial charge is 0.359 e. The Morgan fingerprint density at radius 1 is 1.37 bits per heavy atom. The fraction of sp³-hybridized carbons (Fsp3) is 0.474. The predicted molar refractivity (Wildman–Crippen MR) is 96.2 cm³/mol. The summed E-state index contributed by atoms with van der Waals surface area (Å²) < 4.78 is 46.7. The molecule has 1 aliphatic heterocycles.